The summed E-state index contributed by atoms with van der Waals surface area (Å²) in [6.45, 7) is 2.22. The van der Waals surface area contributed by atoms with Crippen LogP contribution in [0.4, 0.5) is 0 Å². The van der Waals surface area contributed by atoms with Crippen molar-refractivity contribution < 1.29 is 14.6 Å². The first-order valence-corrected chi connectivity index (χ1v) is 8.41. The fourth-order valence-corrected chi connectivity index (χ4v) is 2.80. The number of phenolic OH excluding ortho intramolecular Hbond substituents is 1. The molecule has 0 fully saturated rings. The van der Waals surface area contributed by atoms with E-state index >= 15 is 0 Å². The lowest BCUT2D eigenvalue weighted by Crippen LogP contribution is -2.18. The molecule has 0 unspecified atom stereocenters. The number of nitrogens with zero attached hydrogens (tertiary/aromatic N) is 1. The van der Waals surface area contributed by atoms with Gasteiger partial charge in [-0.25, -0.2) is 5.43 Å². The number of hydrogen-bond acceptors (Lipinski definition) is 4. The standard InChI is InChI=1S/C16H13BrCl2N2O3/c1-2-24-14-6-10(17)5-9(15(14)22)8-20-21-16(23)12-4-3-11(18)7-13(12)19/h3-8,22H,2H2,1H3,(H,21,23)/b20-8-. The number of hydrazone groups is 1. The molecule has 0 aliphatic heterocycles. The monoisotopic (exact) mass is 430 g/mol. The van der Waals surface area contributed by atoms with Crippen molar-refractivity contribution in [3.8, 4) is 11.5 Å². The van der Waals surface area contributed by atoms with E-state index in [9.17, 15) is 9.90 Å². The molecule has 0 radical (unpaired) electrons. The Hall–Kier alpha value is -1.76. The molecule has 2 rings (SSSR count). The summed E-state index contributed by atoms with van der Waals surface area (Å²) in [5.74, 6) is -0.240. The Morgan fingerprint density at radius 3 is 2.79 bits per heavy atom. The van der Waals surface area contributed by atoms with Crippen molar-refractivity contribution in [2.75, 3.05) is 6.61 Å². The number of rotatable bonds is 5. The van der Waals surface area contributed by atoms with E-state index in [-0.39, 0.29) is 16.3 Å². The molecule has 0 aromatic heterocycles. The van der Waals surface area contributed by atoms with Gasteiger partial charge in [-0.3, -0.25) is 4.79 Å². The number of carbonyl (C=O) groups is 1. The second-order valence-corrected chi connectivity index (χ2v) is 6.36. The summed E-state index contributed by atoms with van der Waals surface area (Å²) in [7, 11) is 0. The number of benzene rings is 2. The van der Waals surface area contributed by atoms with E-state index in [1.54, 1.807) is 18.2 Å². The molecular weight excluding hydrogens is 419 g/mol. The zero-order valence-electron chi connectivity index (χ0n) is 12.5. The number of aromatic hydroxyl groups is 1. The smallest absolute Gasteiger partial charge is 0.272 e. The zero-order chi connectivity index (χ0) is 17.7. The number of hydrogen-bond donors (Lipinski definition) is 2. The number of amides is 1. The van der Waals surface area contributed by atoms with Crippen LogP contribution in [0.15, 0.2) is 39.9 Å². The lowest BCUT2D eigenvalue weighted by Gasteiger charge is -2.08. The van der Waals surface area contributed by atoms with Gasteiger partial charge in [0.15, 0.2) is 11.5 Å². The predicted octanol–water partition coefficient (Wildman–Crippen LogP) is 4.62. The van der Waals surface area contributed by atoms with E-state index in [4.69, 9.17) is 27.9 Å². The Labute approximate surface area is 157 Å². The van der Waals surface area contributed by atoms with Gasteiger partial charge in [0.1, 0.15) is 0 Å². The van der Waals surface area contributed by atoms with Crippen LogP contribution in [0.1, 0.15) is 22.8 Å². The van der Waals surface area contributed by atoms with Crippen molar-refractivity contribution in [1.82, 2.24) is 5.43 Å². The molecule has 0 saturated heterocycles. The van der Waals surface area contributed by atoms with E-state index in [1.165, 1.54) is 18.3 Å². The number of halogens is 3. The normalized spacial score (nSPS) is 10.8. The molecule has 2 aromatic rings. The molecule has 0 bridgehead atoms. The molecular formula is C16H13BrCl2N2O3. The minimum atomic E-state index is -0.493. The van der Waals surface area contributed by atoms with Gasteiger partial charge >= 0.3 is 0 Å². The summed E-state index contributed by atoms with van der Waals surface area (Å²) in [4.78, 5) is 12.0. The summed E-state index contributed by atoms with van der Waals surface area (Å²) < 4.78 is 6.03. The van der Waals surface area contributed by atoms with Crippen LogP contribution < -0.4 is 10.2 Å². The fourth-order valence-electron chi connectivity index (χ4n) is 1.85. The van der Waals surface area contributed by atoms with E-state index in [0.29, 0.717) is 27.4 Å². The molecule has 0 saturated carbocycles. The van der Waals surface area contributed by atoms with Gasteiger partial charge in [-0.1, -0.05) is 39.1 Å². The molecule has 24 heavy (non-hydrogen) atoms. The highest BCUT2D eigenvalue weighted by Crippen LogP contribution is 2.32. The number of nitrogens with one attached hydrogen (secondary N) is 1. The summed E-state index contributed by atoms with van der Waals surface area (Å²) >= 11 is 15.1. The van der Waals surface area contributed by atoms with Gasteiger partial charge in [0.25, 0.3) is 5.91 Å². The molecule has 5 nitrogen and oxygen atoms in total. The maximum atomic E-state index is 12.0. The van der Waals surface area contributed by atoms with Gasteiger partial charge < -0.3 is 9.84 Å². The van der Waals surface area contributed by atoms with Crippen LogP contribution in [0, 0.1) is 0 Å². The molecule has 8 heteroatoms. The third kappa shape index (κ3) is 4.63. The predicted molar refractivity (Wildman–Crippen MR) is 98.5 cm³/mol. The second-order valence-electron chi connectivity index (χ2n) is 4.60. The minimum absolute atomic E-state index is 0.0671. The molecule has 2 aromatic carbocycles. The van der Waals surface area contributed by atoms with E-state index in [0.717, 1.165) is 0 Å². The quantitative estimate of drug-likeness (QED) is 0.535. The van der Waals surface area contributed by atoms with Crippen LogP contribution in [0.3, 0.4) is 0 Å². The van der Waals surface area contributed by atoms with Crippen LogP contribution in [-0.2, 0) is 0 Å². The molecule has 126 valence electrons. The number of ether oxygens (including phenoxy) is 1. The molecule has 0 heterocycles. The highest BCUT2D eigenvalue weighted by Gasteiger charge is 2.11. The fraction of sp³-hybridized carbons (Fsp3) is 0.125. The minimum Gasteiger partial charge on any atom is -0.504 e. The Kier molecular flexibility index (Phi) is 6.48. The average molecular weight is 432 g/mol. The van der Waals surface area contributed by atoms with E-state index in [1.807, 2.05) is 6.92 Å². The first-order valence-electron chi connectivity index (χ1n) is 6.86. The van der Waals surface area contributed by atoms with Crippen molar-refractivity contribution in [1.29, 1.82) is 0 Å². The molecule has 0 atom stereocenters. The largest absolute Gasteiger partial charge is 0.504 e. The van der Waals surface area contributed by atoms with Gasteiger partial charge in [-0.15, -0.1) is 0 Å². The topological polar surface area (TPSA) is 70.9 Å². The summed E-state index contributed by atoms with van der Waals surface area (Å²) in [6, 6.07) is 7.81. The van der Waals surface area contributed by atoms with E-state index in [2.05, 4.69) is 26.5 Å². The van der Waals surface area contributed by atoms with Crippen molar-refractivity contribution >= 4 is 51.3 Å². The maximum Gasteiger partial charge on any atom is 0.272 e. The van der Waals surface area contributed by atoms with E-state index < -0.39 is 5.91 Å². The molecule has 1 amide bonds. The second kappa shape index (κ2) is 8.37. The first kappa shape index (κ1) is 18.6. The van der Waals surface area contributed by atoms with Gasteiger partial charge in [-0.05, 0) is 37.3 Å². The molecule has 0 aliphatic carbocycles. The maximum absolute atomic E-state index is 12.0. The van der Waals surface area contributed by atoms with Crippen LogP contribution in [0.2, 0.25) is 10.0 Å². The third-order valence-electron chi connectivity index (χ3n) is 2.91. The summed E-state index contributed by atoms with van der Waals surface area (Å²) in [6.07, 6.45) is 1.31. The molecule has 0 spiro atoms. The molecule has 0 aliphatic rings. The van der Waals surface area contributed by atoms with Gasteiger partial charge in [-0.2, -0.15) is 5.10 Å². The van der Waals surface area contributed by atoms with Crippen LogP contribution in [-0.4, -0.2) is 23.8 Å². The summed E-state index contributed by atoms with van der Waals surface area (Å²) in [5.41, 5.74) is 2.97. The van der Waals surface area contributed by atoms with Crippen molar-refractivity contribution in [2.24, 2.45) is 5.10 Å². The molecule has 2 N–H and O–H groups in total. The third-order valence-corrected chi connectivity index (χ3v) is 3.92. The lowest BCUT2D eigenvalue weighted by atomic mass is 10.2. The lowest BCUT2D eigenvalue weighted by molar-refractivity contribution is 0.0955. The zero-order valence-corrected chi connectivity index (χ0v) is 15.6. The number of phenols is 1. The van der Waals surface area contributed by atoms with Crippen molar-refractivity contribution in [3.63, 3.8) is 0 Å². The Morgan fingerprint density at radius 2 is 2.12 bits per heavy atom. The van der Waals surface area contributed by atoms with Crippen LogP contribution in [0.25, 0.3) is 0 Å². The number of carbonyl (C=O) groups excluding carboxylic acids is 1. The van der Waals surface area contributed by atoms with Crippen LogP contribution in [0.5, 0.6) is 11.5 Å². The summed E-state index contributed by atoms with van der Waals surface area (Å²) in [5, 5.41) is 14.6. The highest BCUT2D eigenvalue weighted by atomic mass is 79.9. The Balaban J connectivity index is 2.15. The van der Waals surface area contributed by atoms with Crippen molar-refractivity contribution in [2.45, 2.75) is 6.92 Å². The van der Waals surface area contributed by atoms with Gasteiger partial charge in [0.2, 0.25) is 0 Å². The Morgan fingerprint density at radius 1 is 1.38 bits per heavy atom. The average Bonchev–Trinajstić information content (AvgIpc) is 2.51. The SMILES string of the molecule is CCOc1cc(Br)cc(/C=N\NC(=O)c2ccc(Cl)cc2Cl)c1O. The van der Waals surface area contributed by atoms with Crippen LogP contribution >= 0.6 is 39.1 Å². The van der Waals surface area contributed by atoms with Gasteiger partial charge in [0, 0.05) is 15.1 Å². The van der Waals surface area contributed by atoms with Crippen molar-refractivity contribution in [3.05, 3.63) is 56.0 Å². The first-order chi connectivity index (χ1) is 11.4. The highest BCUT2D eigenvalue weighted by molar-refractivity contribution is 9.10. The Bertz CT molecular complexity index is 797. The van der Waals surface area contributed by atoms with Gasteiger partial charge in [0.05, 0.1) is 23.4 Å².